The second-order valence-corrected chi connectivity index (χ2v) is 5.79. The van der Waals surface area contributed by atoms with E-state index in [2.05, 4.69) is 10.6 Å². The average molecular weight is 308 g/mol. The van der Waals surface area contributed by atoms with Crippen molar-refractivity contribution in [2.75, 3.05) is 11.9 Å². The van der Waals surface area contributed by atoms with Gasteiger partial charge in [0.05, 0.1) is 0 Å². The fourth-order valence-electron chi connectivity index (χ4n) is 2.60. The number of nitrogens with one attached hydrogen (secondary N) is 2. The maximum Gasteiger partial charge on any atom is 0.313 e. The minimum atomic E-state index is -0.799. The molecule has 0 bridgehead atoms. The van der Waals surface area contributed by atoms with Crippen molar-refractivity contribution in [1.29, 1.82) is 0 Å². The Labute approximate surface area is 128 Å². The highest BCUT2D eigenvalue weighted by Crippen LogP contribution is 2.23. The summed E-state index contributed by atoms with van der Waals surface area (Å²) < 4.78 is 13.4. The number of benzene rings is 1. The van der Waals surface area contributed by atoms with Crippen LogP contribution in [0.3, 0.4) is 0 Å². The van der Waals surface area contributed by atoms with E-state index in [1.165, 1.54) is 6.07 Å². The first-order valence-electron chi connectivity index (χ1n) is 7.48. The Morgan fingerprint density at radius 2 is 1.91 bits per heavy atom. The van der Waals surface area contributed by atoms with Crippen molar-refractivity contribution in [3.05, 3.63) is 29.6 Å². The standard InChI is InChI=1S/C16H21FN2O3/c1-10-2-5-13(8-14(10)17)19-16(22)15(21)18-12-6-3-11(9-20)4-7-12/h2,5,8,11-12,20H,3-4,6-7,9H2,1H3,(H,18,21)(H,19,22). The van der Waals surface area contributed by atoms with Crippen LogP contribution in [0.1, 0.15) is 31.2 Å². The van der Waals surface area contributed by atoms with E-state index in [4.69, 9.17) is 5.11 Å². The molecule has 0 atom stereocenters. The third-order valence-corrected chi connectivity index (χ3v) is 4.08. The minimum Gasteiger partial charge on any atom is -0.396 e. The van der Waals surface area contributed by atoms with Gasteiger partial charge in [-0.05, 0) is 56.2 Å². The summed E-state index contributed by atoms with van der Waals surface area (Å²) in [6, 6.07) is 4.23. The van der Waals surface area contributed by atoms with Gasteiger partial charge in [-0.3, -0.25) is 9.59 Å². The summed E-state index contributed by atoms with van der Waals surface area (Å²) in [6.45, 7) is 1.79. The van der Waals surface area contributed by atoms with Crippen LogP contribution in [0.4, 0.5) is 10.1 Å². The zero-order valence-corrected chi connectivity index (χ0v) is 12.6. The summed E-state index contributed by atoms with van der Waals surface area (Å²) >= 11 is 0. The van der Waals surface area contributed by atoms with E-state index in [0.29, 0.717) is 5.56 Å². The summed E-state index contributed by atoms with van der Waals surface area (Å²) in [5.74, 6) is -1.65. The van der Waals surface area contributed by atoms with Crippen LogP contribution in [-0.2, 0) is 9.59 Å². The molecule has 5 nitrogen and oxygen atoms in total. The van der Waals surface area contributed by atoms with Crippen LogP contribution >= 0.6 is 0 Å². The van der Waals surface area contributed by atoms with Gasteiger partial charge in [-0.1, -0.05) is 6.07 Å². The molecule has 22 heavy (non-hydrogen) atoms. The minimum absolute atomic E-state index is 0.0456. The molecule has 2 rings (SSSR count). The third kappa shape index (κ3) is 4.27. The van der Waals surface area contributed by atoms with Gasteiger partial charge in [0.1, 0.15) is 5.82 Å². The van der Waals surface area contributed by atoms with E-state index < -0.39 is 17.6 Å². The molecule has 0 radical (unpaired) electrons. The van der Waals surface area contributed by atoms with Gasteiger partial charge in [-0.25, -0.2) is 4.39 Å². The lowest BCUT2D eigenvalue weighted by atomic mass is 9.86. The molecule has 2 amide bonds. The van der Waals surface area contributed by atoms with Crippen molar-refractivity contribution in [2.45, 2.75) is 38.6 Å². The van der Waals surface area contributed by atoms with Crippen molar-refractivity contribution in [1.82, 2.24) is 5.32 Å². The molecule has 0 unspecified atom stereocenters. The van der Waals surface area contributed by atoms with E-state index >= 15 is 0 Å². The molecule has 1 fully saturated rings. The third-order valence-electron chi connectivity index (χ3n) is 4.08. The zero-order valence-electron chi connectivity index (χ0n) is 12.6. The number of aryl methyl sites for hydroxylation is 1. The van der Waals surface area contributed by atoms with Crippen LogP contribution in [-0.4, -0.2) is 29.6 Å². The summed E-state index contributed by atoms with van der Waals surface area (Å²) in [7, 11) is 0. The molecule has 0 aliphatic heterocycles. The Hall–Kier alpha value is -1.95. The number of aliphatic hydroxyl groups excluding tert-OH is 1. The van der Waals surface area contributed by atoms with E-state index in [1.54, 1.807) is 19.1 Å². The van der Waals surface area contributed by atoms with Crippen molar-refractivity contribution in [3.63, 3.8) is 0 Å². The van der Waals surface area contributed by atoms with Crippen molar-refractivity contribution < 1.29 is 19.1 Å². The van der Waals surface area contributed by atoms with Gasteiger partial charge in [0.2, 0.25) is 0 Å². The molecule has 1 aromatic carbocycles. The first kappa shape index (κ1) is 16.4. The van der Waals surface area contributed by atoms with Gasteiger partial charge < -0.3 is 15.7 Å². The van der Waals surface area contributed by atoms with Gasteiger partial charge >= 0.3 is 11.8 Å². The van der Waals surface area contributed by atoms with Crippen LogP contribution in [0.25, 0.3) is 0 Å². The van der Waals surface area contributed by atoms with Crippen LogP contribution < -0.4 is 10.6 Å². The summed E-state index contributed by atoms with van der Waals surface area (Å²) in [4.78, 5) is 23.7. The molecule has 0 heterocycles. The van der Waals surface area contributed by atoms with Crippen molar-refractivity contribution in [2.24, 2.45) is 5.92 Å². The first-order chi connectivity index (χ1) is 10.5. The topological polar surface area (TPSA) is 78.4 Å². The predicted octanol–water partition coefficient (Wildman–Crippen LogP) is 1.74. The van der Waals surface area contributed by atoms with Crippen molar-refractivity contribution in [3.8, 4) is 0 Å². The fraction of sp³-hybridized carbons (Fsp3) is 0.500. The summed E-state index contributed by atoms with van der Waals surface area (Å²) in [6.07, 6.45) is 3.19. The molecule has 0 aromatic heterocycles. The van der Waals surface area contributed by atoms with Gasteiger partial charge in [0, 0.05) is 18.3 Å². The molecule has 1 aliphatic rings. The Morgan fingerprint density at radius 3 is 2.50 bits per heavy atom. The average Bonchev–Trinajstić information content (AvgIpc) is 2.51. The van der Waals surface area contributed by atoms with E-state index in [-0.39, 0.29) is 24.3 Å². The number of hydrogen-bond donors (Lipinski definition) is 3. The lowest BCUT2D eigenvalue weighted by Gasteiger charge is -2.27. The van der Waals surface area contributed by atoms with E-state index in [0.717, 1.165) is 25.7 Å². The quantitative estimate of drug-likeness (QED) is 0.744. The van der Waals surface area contributed by atoms with Crippen molar-refractivity contribution >= 4 is 17.5 Å². The lowest BCUT2D eigenvalue weighted by molar-refractivity contribution is -0.136. The summed E-state index contributed by atoms with van der Waals surface area (Å²) in [5.41, 5.74) is 0.732. The van der Waals surface area contributed by atoms with E-state index in [1.807, 2.05) is 0 Å². The van der Waals surface area contributed by atoms with Gasteiger partial charge in [0.25, 0.3) is 0 Å². The second-order valence-electron chi connectivity index (χ2n) is 5.79. The number of hydrogen-bond acceptors (Lipinski definition) is 3. The summed E-state index contributed by atoms with van der Waals surface area (Å²) in [5, 5.41) is 14.1. The molecule has 1 aliphatic carbocycles. The van der Waals surface area contributed by atoms with Gasteiger partial charge in [-0.2, -0.15) is 0 Å². The maximum absolute atomic E-state index is 13.4. The number of halogens is 1. The second kappa shape index (κ2) is 7.35. The predicted molar refractivity (Wildman–Crippen MR) is 80.7 cm³/mol. The number of aliphatic hydroxyl groups is 1. The number of carbonyl (C=O) groups excluding carboxylic acids is 2. The van der Waals surface area contributed by atoms with Crippen LogP contribution in [0.5, 0.6) is 0 Å². The SMILES string of the molecule is Cc1ccc(NC(=O)C(=O)NC2CCC(CO)CC2)cc1F. The first-order valence-corrected chi connectivity index (χ1v) is 7.48. The number of rotatable bonds is 3. The Kier molecular flexibility index (Phi) is 5.49. The molecule has 3 N–H and O–H groups in total. The van der Waals surface area contributed by atoms with E-state index in [9.17, 15) is 14.0 Å². The smallest absolute Gasteiger partial charge is 0.313 e. The Morgan fingerprint density at radius 1 is 1.23 bits per heavy atom. The molecular weight excluding hydrogens is 287 g/mol. The van der Waals surface area contributed by atoms with Crippen LogP contribution in [0.2, 0.25) is 0 Å². The molecule has 120 valence electrons. The highest BCUT2D eigenvalue weighted by molar-refractivity contribution is 6.39. The largest absolute Gasteiger partial charge is 0.396 e. The van der Waals surface area contributed by atoms with Crippen LogP contribution in [0.15, 0.2) is 18.2 Å². The Bertz CT molecular complexity index is 554. The molecule has 6 heteroatoms. The Balaban J connectivity index is 1.84. The maximum atomic E-state index is 13.4. The zero-order chi connectivity index (χ0) is 16.1. The van der Waals surface area contributed by atoms with Gasteiger partial charge in [0.15, 0.2) is 0 Å². The van der Waals surface area contributed by atoms with Crippen LogP contribution in [0, 0.1) is 18.7 Å². The molecule has 1 saturated carbocycles. The number of anilines is 1. The highest BCUT2D eigenvalue weighted by atomic mass is 19.1. The molecule has 1 aromatic rings. The monoisotopic (exact) mass is 308 g/mol. The lowest BCUT2D eigenvalue weighted by Crippen LogP contribution is -2.43. The van der Waals surface area contributed by atoms with Gasteiger partial charge in [-0.15, -0.1) is 0 Å². The fourth-order valence-corrected chi connectivity index (χ4v) is 2.60. The molecule has 0 spiro atoms. The highest BCUT2D eigenvalue weighted by Gasteiger charge is 2.24. The molecule has 0 saturated heterocycles. The normalized spacial score (nSPS) is 21.2. The number of carbonyl (C=O) groups is 2. The number of amides is 2. The molecular formula is C16H21FN2O3.